The van der Waals surface area contributed by atoms with Crippen LogP contribution in [0.4, 0.5) is 5.69 Å². The zero-order valence-corrected chi connectivity index (χ0v) is 16.1. The number of hydrogen-bond donors (Lipinski definition) is 3. The number of benzene rings is 1. The van der Waals surface area contributed by atoms with Gasteiger partial charge in [-0.15, -0.1) is 0 Å². The molecule has 150 valence electrons. The molecule has 2 aliphatic carbocycles. The van der Waals surface area contributed by atoms with Crippen LogP contribution in [0.2, 0.25) is 0 Å². The lowest BCUT2D eigenvalue weighted by Gasteiger charge is -2.25. The summed E-state index contributed by atoms with van der Waals surface area (Å²) in [5.74, 6) is 2.17. The fraction of sp³-hybridized carbons (Fsp3) is 0.619. The molecule has 28 heavy (non-hydrogen) atoms. The highest BCUT2D eigenvalue weighted by atomic mass is 16.5. The summed E-state index contributed by atoms with van der Waals surface area (Å²) in [6.45, 7) is 1.54. The van der Waals surface area contributed by atoms with Crippen molar-refractivity contribution in [2.45, 2.75) is 69.6 Å². The highest BCUT2D eigenvalue weighted by Crippen LogP contribution is 2.40. The molecule has 2 saturated carbocycles. The van der Waals surface area contributed by atoms with E-state index in [2.05, 4.69) is 9.88 Å². The zero-order valence-electron chi connectivity index (χ0n) is 16.1. The lowest BCUT2D eigenvalue weighted by molar-refractivity contribution is -0.119. The predicted molar refractivity (Wildman–Crippen MR) is 106 cm³/mol. The topological polar surface area (TPSA) is 102 Å². The maximum absolute atomic E-state index is 11.9. The number of nitrogens with one attached hydrogen (secondary N) is 1. The molecule has 0 spiro atoms. The molecule has 1 aliphatic heterocycles. The van der Waals surface area contributed by atoms with Crippen LogP contribution in [0.25, 0.3) is 11.0 Å². The number of nitrogens with two attached hydrogens (primary N) is 1. The Bertz CT molecular complexity index is 905. The van der Waals surface area contributed by atoms with Crippen molar-refractivity contribution in [3.8, 4) is 5.75 Å². The standard InChI is InChI=1S/C21H28N4O3/c22-20(27)18(12-5-6-12)23-14-10-16-19-17(11-14)28-8-2-7-25(19)21(24-16)13-3-1-4-15(26)9-13/h10-13,15,18,23,26H,1-9H2,(H2,22,27)/t13?,15?,18-/m0/s1. The van der Waals surface area contributed by atoms with E-state index < -0.39 is 0 Å². The van der Waals surface area contributed by atoms with Crippen molar-refractivity contribution in [1.82, 2.24) is 9.55 Å². The smallest absolute Gasteiger partial charge is 0.240 e. The number of rotatable bonds is 5. The molecule has 7 nitrogen and oxygen atoms in total. The van der Waals surface area contributed by atoms with E-state index in [-0.39, 0.29) is 24.0 Å². The fourth-order valence-corrected chi connectivity index (χ4v) is 4.81. The van der Waals surface area contributed by atoms with Crippen molar-refractivity contribution in [2.24, 2.45) is 11.7 Å². The molecule has 0 saturated heterocycles. The highest BCUT2D eigenvalue weighted by Gasteiger charge is 2.35. The molecule has 2 unspecified atom stereocenters. The molecule has 2 aromatic rings. The third-order valence-electron chi connectivity index (χ3n) is 6.35. The second-order valence-electron chi connectivity index (χ2n) is 8.54. The second-order valence-corrected chi connectivity index (χ2v) is 8.54. The van der Waals surface area contributed by atoms with Gasteiger partial charge >= 0.3 is 0 Å². The molecule has 7 heteroatoms. The average molecular weight is 384 g/mol. The van der Waals surface area contributed by atoms with Crippen molar-refractivity contribution in [2.75, 3.05) is 11.9 Å². The molecule has 3 aliphatic rings. The van der Waals surface area contributed by atoms with Gasteiger partial charge in [-0.3, -0.25) is 4.79 Å². The first-order valence-electron chi connectivity index (χ1n) is 10.5. The molecular weight excluding hydrogens is 356 g/mol. The molecule has 2 heterocycles. The molecule has 1 amide bonds. The summed E-state index contributed by atoms with van der Waals surface area (Å²) >= 11 is 0. The number of ether oxygens (including phenoxy) is 1. The first kappa shape index (κ1) is 17.8. The average Bonchev–Trinajstić information content (AvgIpc) is 3.46. The summed E-state index contributed by atoms with van der Waals surface area (Å²) in [5.41, 5.74) is 8.35. The van der Waals surface area contributed by atoms with Crippen LogP contribution in [0.1, 0.15) is 56.7 Å². The van der Waals surface area contributed by atoms with Crippen LogP contribution in [-0.4, -0.2) is 39.3 Å². The Kier molecular flexibility index (Phi) is 4.42. The van der Waals surface area contributed by atoms with Crippen molar-refractivity contribution >= 4 is 22.6 Å². The minimum atomic E-state index is -0.342. The highest BCUT2D eigenvalue weighted by molar-refractivity contribution is 5.89. The van der Waals surface area contributed by atoms with Gasteiger partial charge in [-0.2, -0.15) is 0 Å². The van der Waals surface area contributed by atoms with Crippen LogP contribution in [0.15, 0.2) is 12.1 Å². The van der Waals surface area contributed by atoms with Crippen LogP contribution >= 0.6 is 0 Å². The van der Waals surface area contributed by atoms with E-state index in [4.69, 9.17) is 15.5 Å². The minimum Gasteiger partial charge on any atom is -0.491 e. The molecule has 0 bridgehead atoms. The van der Waals surface area contributed by atoms with Gasteiger partial charge < -0.3 is 25.5 Å². The van der Waals surface area contributed by atoms with Crippen LogP contribution in [0, 0.1) is 5.92 Å². The number of aliphatic hydroxyl groups excluding tert-OH is 1. The SMILES string of the molecule is NC(=O)[C@@H](Nc1cc2c3c(c1)nc(C1CCCC(O)C1)n3CCCO2)C1CC1. The maximum atomic E-state index is 11.9. The summed E-state index contributed by atoms with van der Waals surface area (Å²) in [6.07, 6.45) is 6.52. The monoisotopic (exact) mass is 384 g/mol. The number of anilines is 1. The number of hydrogen-bond acceptors (Lipinski definition) is 5. The molecule has 1 aromatic carbocycles. The molecule has 5 rings (SSSR count). The van der Waals surface area contributed by atoms with E-state index in [1.54, 1.807) is 0 Å². The normalized spacial score (nSPS) is 25.8. The van der Waals surface area contributed by atoms with Gasteiger partial charge in [0.25, 0.3) is 0 Å². The number of aryl methyl sites for hydroxylation is 1. The maximum Gasteiger partial charge on any atom is 0.240 e. The molecular formula is C21H28N4O3. The Morgan fingerprint density at radius 3 is 2.89 bits per heavy atom. The van der Waals surface area contributed by atoms with E-state index in [0.29, 0.717) is 12.5 Å². The third-order valence-corrected chi connectivity index (χ3v) is 6.35. The van der Waals surface area contributed by atoms with E-state index in [0.717, 1.165) is 79.8 Å². The fourth-order valence-electron chi connectivity index (χ4n) is 4.81. The number of carbonyl (C=O) groups excluding carboxylic acids is 1. The third kappa shape index (κ3) is 3.21. The Morgan fingerprint density at radius 1 is 1.29 bits per heavy atom. The number of amides is 1. The van der Waals surface area contributed by atoms with Gasteiger partial charge in [-0.1, -0.05) is 6.42 Å². The van der Waals surface area contributed by atoms with Gasteiger partial charge in [-0.05, 0) is 50.5 Å². The second kappa shape index (κ2) is 6.95. The van der Waals surface area contributed by atoms with E-state index in [9.17, 15) is 9.90 Å². The van der Waals surface area contributed by atoms with E-state index >= 15 is 0 Å². The van der Waals surface area contributed by atoms with Gasteiger partial charge in [0.15, 0.2) is 0 Å². The van der Waals surface area contributed by atoms with Crippen molar-refractivity contribution in [1.29, 1.82) is 0 Å². The van der Waals surface area contributed by atoms with Crippen molar-refractivity contribution in [3.05, 3.63) is 18.0 Å². The van der Waals surface area contributed by atoms with E-state index in [1.165, 1.54) is 0 Å². The quantitative estimate of drug-likeness (QED) is 0.735. The first-order chi connectivity index (χ1) is 13.6. The molecule has 0 radical (unpaired) electrons. The summed E-state index contributed by atoms with van der Waals surface area (Å²) < 4.78 is 8.32. The van der Waals surface area contributed by atoms with Gasteiger partial charge in [-0.25, -0.2) is 4.98 Å². The van der Waals surface area contributed by atoms with E-state index in [1.807, 2.05) is 12.1 Å². The Balaban J connectivity index is 1.54. The van der Waals surface area contributed by atoms with Gasteiger partial charge in [0, 0.05) is 24.2 Å². The number of aromatic nitrogens is 2. The number of aliphatic hydroxyl groups is 1. The van der Waals surface area contributed by atoms with Crippen LogP contribution < -0.4 is 15.8 Å². The lowest BCUT2D eigenvalue weighted by Crippen LogP contribution is -2.37. The number of imidazole rings is 1. The summed E-state index contributed by atoms with van der Waals surface area (Å²) in [7, 11) is 0. The first-order valence-corrected chi connectivity index (χ1v) is 10.5. The number of nitrogens with zero attached hydrogens (tertiary/aromatic N) is 2. The van der Waals surface area contributed by atoms with Gasteiger partial charge in [0.2, 0.25) is 5.91 Å². The zero-order chi connectivity index (χ0) is 19.3. The Morgan fingerprint density at radius 2 is 2.14 bits per heavy atom. The predicted octanol–water partition coefficient (Wildman–Crippen LogP) is 2.51. The Labute approximate surface area is 164 Å². The van der Waals surface area contributed by atoms with Crippen molar-refractivity contribution < 1.29 is 14.6 Å². The largest absolute Gasteiger partial charge is 0.491 e. The molecule has 1 aromatic heterocycles. The van der Waals surface area contributed by atoms with Crippen LogP contribution in [0.3, 0.4) is 0 Å². The lowest BCUT2D eigenvalue weighted by atomic mass is 9.86. The van der Waals surface area contributed by atoms with Crippen molar-refractivity contribution in [3.63, 3.8) is 0 Å². The molecule has 3 atom stereocenters. The number of carbonyl (C=O) groups is 1. The summed E-state index contributed by atoms with van der Waals surface area (Å²) in [5, 5.41) is 13.5. The molecule has 2 fully saturated rings. The minimum absolute atomic E-state index is 0.236. The molecule has 4 N–H and O–H groups in total. The summed E-state index contributed by atoms with van der Waals surface area (Å²) in [6, 6.07) is 3.64. The van der Waals surface area contributed by atoms with Crippen LogP contribution in [-0.2, 0) is 11.3 Å². The van der Waals surface area contributed by atoms with Gasteiger partial charge in [0.1, 0.15) is 23.1 Å². The Hall–Kier alpha value is -2.28. The summed E-state index contributed by atoms with van der Waals surface area (Å²) in [4.78, 5) is 16.8. The number of primary amides is 1. The van der Waals surface area contributed by atoms with Crippen LogP contribution in [0.5, 0.6) is 5.75 Å². The van der Waals surface area contributed by atoms with Gasteiger partial charge in [0.05, 0.1) is 18.2 Å².